The van der Waals surface area contributed by atoms with Crippen LogP contribution < -0.4 is 16.4 Å². The molecule has 2 aliphatic rings. The number of rotatable bonds is 5. The van der Waals surface area contributed by atoms with Gasteiger partial charge in [0.1, 0.15) is 10.7 Å². The van der Waals surface area contributed by atoms with E-state index in [9.17, 15) is 4.79 Å². The summed E-state index contributed by atoms with van der Waals surface area (Å²) in [6, 6.07) is 0.338. The van der Waals surface area contributed by atoms with Gasteiger partial charge in [0.05, 0.1) is 0 Å². The molecule has 4 N–H and O–H groups in total. The van der Waals surface area contributed by atoms with E-state index in [2.05, 4.69) is 29.5 Å². The summed E-state index contributed by atoms with van der Waals surface area (Å²) in [5.41, 5.74) is 5.90. The van der Waals surface area contributed by atoms with Crippen molar-refractivity contribution in [3.63, 3.8) is 0 Å². The maximum Gasteiger partial charge on any atom is 0.265 e. The van der Waals surface area contributed by atoms with Crippen LogP contribution in [-0.4, -0.2) is 23.5 Å². The van der Waals surface area contributed by atoms with Gasteiger partial charge in [0, 0.05) is 12.6 Å². The van der Waals surface area contributed by atoms with Crippen LogP contribution in [0.4, 0.5) is 10.9 Å². The Morgan fingerprint density at radius 3 is 2.86 bits per heavy atom. The van der Waals surface area contributed by atoms with Crippen molar-refractivity contribution < 1.29 is 4.79 Å². The van der Waals surface area contributed by atoms with Gasteiger partial charge in [-0.3, -0.25) is 4.79 Å². The summed E-state index contributed by atoms with van der Waals surface area (Å²) in [6.07, 6.45) is 5.01. The zero-order valence-corrected chi connectivity index (χ0v) is 13.5. The molecule has 6 heteroatoms. The van der Waals surface area contributed by atoms with Crippen LogP contribution in [0.3, 0.4) is 0 Å². The second-order valence-corrected chi connectivity index (χ2v) is 7.76. The van der Waals surface area contributed by atoms with Gasteiger partial charge in [-0.1, -0.05) is 31.6 Å². The highest BCUT2D eigenvalue weighted by Crippen LogP contribution is 2.44. The number of fused-ring (bicyclic) bond motifs is 2. The Morgan fingerprint density at radius 1 is 1.43 bits per heavy atom. The Bertz CT molecular complexity index is 528. The third-order valence-electron chi connectivity index (χ3n) is 4.58. The second kappa shape index (κ2) is 5.83. The van der Waals surface area contributed by atoms with Crippen molar-refractivity contribution in [3.05, 3.63) is 4.88 Å². The molecule has 5 nitrogen and oxygen atoms in total. The van der Waals surface area contributed by atoms with E-state index in [4.69, 9.17) is 5.73 Å². The zero-order valence-electron chi connectivity index (χ0n) is 12.7. The maximum atomic E-state index is 12.4. The molecule has 0 radical (unpaired) electrons. The van der Waals surface area contributed by atoms with E-state index < -0.39 is 0 Å². The molecule has 1 heterocycles. The summed E-state index contributed by atoms with van der Waals surface area (Å²) in [7, 11) is 0. The van der Waals surface area contributed by atoms with Gasteiger partial charge in [-0.05, 0) is 37.0 Å². The Morgan fingerprint density at radius 2 is 2.24 bits per heavy atom. The van der Waals surface area contributed by atoms with Crippen LogP contribution in [-0.2, 0) is 0 Å². The predicted molar refractivity (Wildman–Crippen MR) is 86.6 cm³/mol. The van der Waals surface area contributed by atoms with Crippen LogP contribution >= 0.6 is 11.3 Å². The van der Waals surface area contributed by atoms with Crippen molar-refractivity contribution >= 4 is 28.2 Å². The number of nitrogen functional groups attached to an aromatic ring is 1. The average Bonchev–Trinajstić information content (AvgIpc) is 3.11. The Hall–Kier alpha value is -1.30. The van der Waals surface area contributed by atoms with Gasteiger partial charge in [-0.2, -0.15) is 0 Å². The molecule has 1 aromatic rings. The summed E-state index contributed by atoms with van der Waals surface area (Å²) in [4.78, 5) is 17.2. The monoisotopic (exact) mass is 308 g/mol. The Balaban J connectivity index is 1.61. The van der Waals surface area contributed by atoms with Crippen molar-refractivity contribution in [1.29, 1.82) is 0 Å². The standard InChI is InChI=1S/C15H24N4OS/c1-8(2)7-17-15-19-13(16)12(21-15)14(20)18-11-6-9-3-4-10(11)5-9/h8-11H,3-7,16H2,1-2H3,(H,17,19)(H,18,20). The van der Waals surface area contributed by atoms with Crippen LogP contribution in [0.15, 0.2) is 0 Å². The lowest BCUT2D eigenvalue weighted by Crippen LogP contribution is -2.38. The summed E-state index contributed by atoms with van der Waals surface area (Å²) < 4.78 is 0. The Labute approximate surface area is 129 Å². The van der Waals surface area contributed by atoms with E-state index in [0.717, 1.165) is 24.0 Å². The molecule has 1 aromatic heterocycles. The fraction of sp³-hybridized carbons (Fsp3) is 0.733. The van der Waals surface area contributed by atoms with E-state index in [-0.39, 0.29) is 5.91 Å². The first-order valence-electron chi connectivity index (χ1n) is 7.84. The second-order valence-electron chi connectivity index (χ2n) is 6.76. The van der Waals surface area contributed by atoms with Crippen LogP contribution in [0.25, 0.3) is 0 Å². The third kappa shape index (κ3) is 3.15. The van der Waals surface area contributed by atoms with E-state index in [1.807, 2.05) is 0 Å². The number of hydrogen-bond acceptors (Lipinski definition) is 5. The summed E-state index contributed by atoms with van der Waals surface area (Å²) in [6.45, 7) is 5.10. The molecule has 2 fully saturated rings. The van der Waals surface area contributed by atoms with Gasteiger partial charge in [0.2, 0.25) is 0 Å². The summed E-state index contributed by atoms with van der Waals surface area (Å²) in [5, 5.41) is 7.13. The fourth-order valence-electron chi connectivity index (χ4n) is 3.52. The quantitative estimate of drug-likeness (QED) is 0.781. The smallest absolute Gasteiger partial charge is 0.265 e. The highest BCUT2D eigenvalue weighted by atomic mass is 32.1. The molecule has 0 aromatic carbocycles. The zero-order chi connectivity index (χ0) is 15.0. The van der Waals surface area contributed by atoms with E-state index in [0.29, 0.717) is 28.6 Å². The molecule has 3 atom stereocenters. The summed E-state index contributed by atoms with van der Waals surface area (Å²) >= 11 is 1.35. The minimum atomic E-state index is -0.0554. The molecule has 3 rings (SSSR count). The van der Waals surface area contributed by atoms with Crippen molar-refractivity contribution in [2.45, 2.75) is 45.6 Å². The van der Waals surface area contributed by atoms with Gasteiger partial charge in [0.25, 0.3) is 5.91 Å². The van der Waals surface area contributed by atoms with Crippen LogP contribution in [0, 0.1) is 17.8 Å². The van der Waals surface area contributed by atoms with Gasteiger partial charge in [-0.15, -0.1) is 0 Å². The SMILES string of the molecule is CC(C)CNc1nc(N)c(C(=O)NC2CC3CCC2C3)s1. The van der Waals surface area contributed by atoms with E-state index in [1.54, 1.807) is 0 Å². The van der Waals surface area contributed by atoms with Gasteiger partial charge < -0.3 is 16.4 Å². The Kier molecular flexibility index (Phi) is 4.06. The van der Waals surface area contributed by atoms with Gasteiger partial charge in [-0.25, -0.2) is 4.98 Å². The molecule has 2 saturated carbocycles. The van der Waals surface area contributed by atoms with Crippen LogP contribution in [0.1, 0.15) is 49.2 Å². The topological polar surface area (TPSA) is 80.0 Å². The first kappa shape index (κ1) is 14.6. The highest BCUT2D eigenvalue weighted by Gasteiger charge is 2.40. The third-order valence-corrected chi connectivity index (χ3v) is 5.60. The van der Waals surface area contributed by atoms with E-state index in [1.165, 1.54) is 30.6 Å². The molecule has 0 aliphatic heterocycles. The lowest BCUT2D eigenvalue weighted by molar-refractivity contribution is 0.0927. The van der Waals surface area contributed by atoms with Gasteiger partial charge >= 0.3 is 0 Å². The number of nitrogens with zero attached hydrogens (tertiary/aromatic N) is 1. The lowest BCUT2D eigenvalue weighted by atomic mass is 9.95. The minimum absolute atomic E-state index is 0.0554. The normalized spacial score (nSPS) is 27.3. The first-order chi connectivity index (χ1) is 10.0. The van der Waals surface area contributed by atoms with E-state index >= 15 is 0 Å². The van der Waals surface area contributed by atoms with Crippen molar-refractivity contribution in [3.8, 4) is 0 Å². The number of nitrogens with two attached hydrogens (primary N) is 1. The molecular formula is C15H24N4OS. The molecule has 2 aliphatic carbocycles. The number of nitrogens with one attached hydrogen (secondary N) is 2. The molecule has 3 unspecified atom stereocenters. The van der Waals surface area contributed by atoms with Crippen molar-refractivity contribution in [2.24, 2.45) is 17.8 Å². The predicted octanol–water partition coefficient (Wildman–Crippen LogP) is 2.71. The molecule has 1 amide bonds. The largest absolute Gasteiger partial charge is 0.382 e. The molecule has 116 valence electrons. The van der Waals surface area contributed by atoms with Crippen LogP contribution in [0.2, 0.25) is 0 Å². The molecule has 0 spiro atoms. The number of carbonyl (C=O) groups is 1. The number of anilines is 2. The molecule has 0 saturated heterocycles. The highest BCUT2D eigenvalue weighted by molar-refractivity contribution is 7.18. The number of aromatic nitrogens is 1. The first-order valence-corrected chi connectivity index (χ1v) is 8.65. The molecule has 21 heavy (non-hydrogen) atoms. The average molecular weight is 308 g/mol. The number of thiazole rings is 1. The van der Waals surface area contributed by atoms with Gasteiger partial charge in [0.15, 0.2) is 5.13 Å². The summed E-state index contributed by atoms with van der Waals surface area (Å²) in [5.74, 6) is 2.31. The fourth-order valence-corrected chi connectivity index (χ4v) is 4.31. The van der Waals surface area contributed by atoms with Crippen molar-refractivity contribution in [2.75, 3.05) is 17.6 Å². The minimum Gasteiger partial charge on any atom is -0.382 e. The molecule has 2 bridgehead atoms. The van der Waals surface area contributed by atoms with Crippen molar-refractivity contribution in [1.82, 2.24) is 10.3 Å². The lowest BCUT2D eigenvalue weighted by Gasteiger charge is -2.22. The number of carbonyl (C=O) groups excluding carboxylic acids is 1. The maximum absolute atomic E-state index is 12.4. The number of amides is 1. The molecular weight excluding hydrogens is 284 g/mol. The number of hydrogen-bond donors (Lipinski definition) is 3. The van der Waals surface area contributed by atoms with Crippen LogP contribution in [0.5, 0.6) is 0 Å².